The van der Waals surface area contributed by atoms with E-state index in [-0.39, 0.29) is 11.8 Å². The van der Waals surface area contributed by atoms with E-state index in [0.29, 0.717) is 5.82 Å². The quantitative estimate of drug-likeness (QED) is 0.824. The molecule has 0 spiro atoms. The first-order valence-corrected chi connectivity index (χ1v) is 5.64. The van der Waals surface area contributed by atoms with E-state index in [2.05, 4.69) is 10.4 Å². The number of nitrogens with zero attached hydrogens (tertiary/aromatic N) is 2. The van der Waals surface area contributed by atoms with Crippen LogP contribution in [0.1, 0.15) is 32.6 Å². The molecule has 0 aromatic carbocycles. The van der Waals surface area contributed by atoms with Crippen LogP contribution in [0.5, 0.6) is 0 Å². The Morgan fingerprint density at radius 2 is 2.33 bits per heavy atom. The molecule has 1 amide bonds. The van der Waals surface area contributed by atoms with Gasteiger partial charge >= 0.3 is 0 Å². The molecule has 1 aliphatic rings. The van der Waals surface area contributed by atoms with Crippen molar-refractivity contribution in [2.45, 2.75) is 39.2 Å². The lowest BCUT2D eigenvalue weighted by atomic mass is 10.1. The van der Waals surface area contributed by atoms with Gasteiger partial charge in [0.05, 0.1) is 0 Å². The zero-order valence-electron chi connectivity index (χ0n) is 9.07. The maximum atomic E-state index is 11.8. The lowest BCUT2D eigenvalue weighted by Gasteiger charge is -2.07. The van der Waals surface area contributed by atoms with E-state index < -0.39 is 0 Å². The third-order valence-electron chi connectivity index (χ3n) is 2.94. The maximum absolute atomic E-state index is 11.8. The lowest BCUT2D eigenvalue weighted by Crippen LogP contribution is -2.20. The summed E-state index contributed by atoms with van der Waals surface area (Å²) in [6.45, 7) is 2.86. The highest BCUT2D eigenvalue weighted by molar-refractivity contribution is 5.91. The van der Waals surface area contributed by atoms with Crippen LogP contribution in [0.2, 0.25) is 0 Å². The Morgan fingerprint density at radius 3 is 2.93 bits per heavy atom. The lowest BCUT2D eigenvalue weighted by molar-refractivity contribution is -0.119. The number of aryl methyl sites for hydroxylation is 1. The number of hydrogen-bond donors (Lipinski definition) is 1. The van der Waals surface area contributed by atoms with E-state index in [4.69, 9.17) is 0 Å². The molecule has 2 rings (SSSR count). The number of rotatable bonds is 3. The Kier molecular flexibility index (Phi) is 3.04. The van der Waals surface area contributed by atoms with Crippen LogP contribution in [-0.2, 0) is 11.3 Å². The Balaban J connectivity index is 1.92. The minimum absolute atomic E-state index is 0.133. The van der Waals surface area contributed by atoms with Gasteiger partial charge in [0.25, 0.3) is 0 Å². The van der Waals surface area contributed by atoms with Gasteiger partial charge in [-0.25, -0.2) is 0 Å². The van der Waals surface area contributed by atoms with Gasteiger partial charge < -0.3 is 5.32 Å². The van der Waals surface area contributed by atoms with Crippen LogP contribution in [0.15, 0.2) is 12.3 Å². The maximum Gasteiger partial charge on any atom is 0.228 e. The highest BCUT2D eigenvalue weighted by atomic mass is 16.2. The molecule has 0 saturated heterocycles. The molecule has 0 radical (unpaired) electrons. The summed E-state index contributed by atoms with van der Waals surface area (Å²) in [7, 11) is 0. The number of carbonyl (C=O) groups excluding carboxylic acids is 1. The van der Waals surface area contributed by atoms with Gasteiger partial charge in [-0.1, -0.05) is 12.8 Å². The van der Waals surface area contributed by atoms with E-state index in [0.717, 1.165) is 19.4 Å². The molecule has 1 fully saturated rings. The van der Waals surface area contributed by atoms with Gasteiger partial charge in [-0.2, -0.15) is 5.10 Å². The average molecular weight is 207 g/mol. The Labute approximate surface area is 89.7 Å². The van der Waals surface area contributed by atoms with Crippen molar-refractivity contribution >= 4 is 11.7 Å². The molecule has 1 saturated carbocycles. The Morgan fingerprint density at radius 1 is 1.60 bits per heavy atom. The number of aromatic nitrogens is 2. The van der Waals surface area contributed by atoms with Gasteiger partial charge in [-0.15, -0.1) is 0 Å². The molecule has 0 bridgehead atoms. The average Bonchev–Trinajstić information content (AvgIpc) is 2.87. The van der Waals surface area contributed by atoms with E-state index in [9.17, 15) is 4.79 Å². The molecule has 1 aliphatic carbocycles. The van der Waals surface area contributed by atoms with Crippen LogP contribution < -0.4 is 5.32 Å². The van der Waals surface area contributed by atoms with E-state index in [1.807, 2.05) is 23.9 Å². The topological polar surface area (TPSA) is 46.9 Å². The number of nitrogens with one attached hydrogen (secondary N) is 1. The molecule has 82 valence electrons. The molecule has 1 aromatic rings. The minimum Gasteiger partial charge on any atom is -0.309 e. The van der Waals surface area contributed by atoms with Crippen molar-refractivity contribution in [2.24, 2.45) is 5.92 Å². The highest BCUT2D eigenvalue weighted by Crippen LogP contribution is 2.25. The zero-order chi connectivity index (χ0) is 10.7. The second kappa shape index (κ2) is 4.47. The summed E-state index contributed by atoms with van der Waals surface area (Å²) in [5, 5.41) is 7.09. The Hall–Kier alpha value is -1.32. The van der Waals surface area contributed by atoms with Gasteiger partial charge in [0.2, 0.25) is 5.91 Å². The second-order valence-corrected chi connectivity index (χ2v) is 4.03. The van der Waals surface area contributed by atoms with Crippen LogP contribution >= 0.6 is 0 Å². The smallest absolute Gasteiger partial charge is 0.228 e. The van der Waals surface area contributed by atoms with E-state index >= 15 is 0 Å². The molecule has 4 nitrogen and oxygen atoms in total. The molecule has 4 heteroatoms. The van der Waals surface area contributed by atoms with Crippen molar-refractivity contribution in [3.8, 4) is 0 Å². The number of anilines is 1. The third-order valence-corrected chi connectivity index (χ3v) is 2.94. The van der Waals surface area contributed by atoms with Crippen molar-refractivity contribution < 1.29 is 4.79 Å². The van der Waals surface area contributed by atoms with Gasteiger partial charge in [0.1, 0.15) is 0 Å². The normalized spacial score (nSPS) is 16.9. The summed E-state index contributed by atoms with van der Waals surface area (Å²) in [4.78, 5) is 11.8. The van der Waals surface area contributed by atoms with Crippen LogP contribution in [0.4, 0.5) is 5.82 Å². The van der Waals surface area contributed by atoms with Gasteiger partial charge in [0, 0.05) is 24.7 Å². The van der Waals surface area contributed by atoms with Gasteiger partial charge in [-0.3, -0.25) is 9.48 Å². The summed E-state index contributed by atoms with van der Waals surface area (Å²) >= 11 is 0. The summed E-state index contributed by atoms with van der Waals surface area (Å²) in [5.74, 6) is 1.01. The number of amides is 1. The van der Waals surface area contributed by atoms with Crippen molar-refractivity contribution in [2.75, 3.05) is 5.32 Å². The first kappa shape index (κ1) is 10.2. The van der Waals surface area contributed by atoms with Crippen molar-refractivity contribution in [3.63, 3.8) is 0 Å². The largest absolute Gasteiger partial charge is 0.309 e. The molecule has 0 aliphatic heterocycles. The fraction of sp³-hybridized carbons (Fsp3) is 0.636. The molecular weight excluding hydrogens is 190 g/mol. The fourth-order valence-corrected chi connectivity index (χ4v) is 2.02. The SMILES string of the molecule is CCn1ccc(NC(=O)C2CCCC2)n1. The van der Waals surface area contributed by atoms with Crippen LogP contribution in [-0.4, -0.2) is 15.7 Å². The standard InChI is InChI=1S/C11H17N3O/c1-2-14-8-7-10(13-14)12-11(15)9-5-3-4-6-9/h7-9H,2-6H2,1H3,(H,12,13,15). The van der Waals surface area contributed by atoms with Gasteiger partial charge in [-0.05, 0) is 19.8 Å². The summed E-state index contributed by atoms with van der Waals surface area (Å²) in [6, 6.07) is 1.84. The van der Waals surface area contributed by atoms with Gasteiger partial charge in [0.15, 0.2) is 5.82 Å². The highest BCUT2D eigenvalue weighted by Gasteiger charge is 2.22. The molecule has 15 heavy (non-hydrogen) atoms. The molecule has 1 heterocycles. The molecule has 0 unspecified atom stereocenters. The predicted octanol–water partition coefficient (Wildman–Crippen LogP) is 2.03. The zero-order valence-corrected chi connectivity index (χ0v) is 9.07. The van der Waals surface area contributed by atoms with Crippen LogP contribution in [0, 0.1) is 5.92 Å². The first-order valence-electron chi connectivity index (χ1n) is 5.64. The molecule has 1 aromatic heterocycles. The monoisotopic (exact) mass is 207 g/mol. The number of carbonyl (C=O) groups is 1. The first-order chi connectivity index (χ1) is 7.29. The van der Waals surface area contributed by atoms with E-state index in [1.165, 1.54) is 12.8 Å². The van der Waals surface area contributed by atoms with Crippen molar-refractivity contribution in [1.29, 1.82) is 0 Å². The molecule has 0 atom stereocenters. The predicted molar refractivity (Wildman–Crippen MR) is 58.5 cm³/mol. The summed E-state index contributed by atoms with van der Waals surface area (Å²) in [6.07, 6.45) is 6.30. The molecule has 1 N–H and O–H groups in total. The minimum atomic E-state index is 0.133. The van der Waals surface area contributed by atoms with Crippen LogP contribution in [0.25, 0.3) is 0 Å². The number of hydrogen-bond acceptors (Lipinski definition) is 2. The second-order valence-electron chi connectivity index (χ2n) is 4.03. The molecular formula is C11H17N3O. The van der Waals surface area contributed by atoms with Crippen molar-refractivity contribution in [1.82, 2.24) is 9.78 Å². The third kappa shape index (κ3) is 2.37. The fourth-order valence-electron chi connectivity index (χ4n) is 2.02. The van der Waals surface area contributed by atoms with E-state index in [1.54, 1.807) is 0 Å². The van der Waals surface area contributed by atoms with Crippen LogP contribution in [0.3, 0.4) is 0 Å². The van der Waals surface area contributed by atoms with Crippen molar-refractivity contribution in [3.05, 3.63) is 12.3 Å². The Bertz CT molecular complexity index is 339. The summed E-state index contributed by atoms with van der Waals surface area (Å²) in [5.41, 5.74) is 0. The summed E-state index contributed by atoms with van der Waals surface area (Å²) < 4.78 is 1.81.